The molecule has 0 radical (unpaired) electrons. The number of halogens is 1. The van der Waals surface area contributed by atoms with Crippen LogP contribution in [0.1, 0.15) is 25.0 Å². The summed E-state index contributed by atoms with van der Waals surface area (Å²) in [4.78, 5) is 2.44. The number of hydrogen-bond donors (Lipinski definition) is 0. The number of morpholine rings is 1. The lowest BCUT2D eigenvalue weighted by atomic mass is 10.1. The highest BCUT2D eigenvalue weighted by molar-refractivity contribution is 8.15. The van der Waals surface area contributed by atoms with Crippen LogP contribution in [0.3, 0.4) is 0 Å². The van der Waals surface area contributed by atoms with E-state index in [2.05, 4.69) is 65.1 Å². The summed E-state index contributed by atoms with van der Waals surface area (Å²) in [5.74, 6) is 0.928. The van der Waals surface area contributed by atoms with Crippen molar-refractivity contribution in [2.24, 2.45) is 0 Å². The molecule has 2 atom stereocenters. The first kappa shape index (κ1) is 22.2. The van der Waals surface area contributed by atoms with Crippen molar-refractivity contribution < 1.29 is 9.47 Å². The molecule has 2 unspecified atom stereocenters. The summed E-state index contributed by atoms with van der Waals surface area (Å²) < 4.78 is 14.2. The zero-order valence-corrected chi connectivity index (χ0v) is 19.1. The highest BCUT2D eigenvalue weighted by Gasteiger charge is 2.21. The quantitative estimate of drug-likeness (QED) is 0.418. The maximum absolute atomic E-state index is 6.12. The van der Waals surface area contributed by atoms with E-state index in [0.717, 1.165) is 55.6 Å². The largest absolute Gasteiger partial charge is 0.494 e. The molecule has 1 heterocycles. The molecule has 0 aliphatic carbocycles. The number of benzene rings is 2. The number of hydrogen-bond acceptors (Lipinski definition) is 4. The second-order valence-corrected chi connectivity index (χ2v) is 9.67. The molecule has 0 saturated carbocycles. The molecule has 2 aromatic carbocycles. The minimum atomic E-state index is 0.0939. The molecule has 2 aromatic rings. The number of anilines is 1. The van der Waals surface area contributed by atoms with Gasteiger partial charge in [-0.05, 0) is 66.9 Å². The molecule has 29 heavy (non-hydrogen) atoms. The average Bonchev–Trinajstić information content (AvgIpc) is 2.76. The maximum Gasteiger partial charge on any atom is 0.119 e. The van der Waals surface area contributed by atoms with Crippen LogP contribution in [0.25, 0.3) is 0 Å². The van der Waals surface area contributed by atoms with Gasteiger partial charge >= 0.3 is 0 Å². The standard InChI is InChI=1S/C23H31ClN2O2S/c1-4-29(3)25(2)21-9-11-22(12-10-21)27-15-6-13-26-14-16-28-23(18-26)19-7-5-8-20(24)17-19/h4-5,7-12,17,23H,6,13-16,18H2,1-3H3. The first-order valence-corrected chi connectivity index (χ1v) is 12.1. The van der Waals surface area contributed by atoms with E-state index in [9.17, 15) is 0 Å². The summed E-state index contributed by atoms with van der Waals surface area (Å²) in [5.41, 5.74) is 2.36. The van der Waals surface area contributed by atoms with Gasteiger partial charge in [-0.25, -0.2) is 0 Å². The van der Waals surface area contributed by atoms with E-state index in [1.165, 1.54) is 5.69 Å². The fourth-order valence-corrected chi connectivity index (χ4v) is 4.34. The lowest BCUT2D eigenvalue weighted by molar-refractivity contribution is -0.0310. The fourth-order valence-electron chi connectivity index (χ4n) is 3.37. The summed E-state index contributed by atoms with van der Waals surface area (Å²) in [7, 11) is 2.26. The van der Waals surface area contributed by atoms with E-state index in [4.69, 9.17) is 21.1 Å². The van der Waals surface area contributed by atoms with E-state index in [0.29, 0.717) is 0 Å². The highest BCUT2D eigenvalue weighted by Crippen LogP contribution is 2.26. The lowest BCUT2D eigenvalue weighted by Crippen LogP contribution is -2.39. The molecule has 0 aromatic heterocycles. The van der Waals surface area contributed by atoms with Crippen LogP contribution in [0.15, 0.2) is 48.5 Å². The molecule has 1 aliphatic heterocycles. The van der Waals surface area contributed by atoms with Crippen molar-refractivity contribution in [1.82, 2.24) is 4.90 Å². The van der Waals surface area contributed by atoms with Gasteiger partial charge in [-0.2, -0.15) is 0 Å². The van der Waals surface area contributed by atoms with Gasteiger partial charge < -0.3 is 13.8 Å². The normalized spacial score (nSPS) is 18.6. The number of nitrogens with zero attached hydrogens (tertiary/aromatic N) is 2. The van der Waals surface area contributed by atoms with E-state index in [1.54, 1.807) is 0 Å². The Bertz CT molecular complexity index is 813. The van der Waals surface area contributed by atoms with E-state index in [1.807, 2.05) is 18.2 Å². The average molecular weight is 435 g/mol. The summed E-state index contributed by atoms with van der Waals surface area (Å²) in [6, 6.07) is 16.3. The third kappa shape index (κ3) is 6.48. The van der Waals surface area contributed by atoms with Gasteiger partial charge in [0, 0.05) is 37.4 Å². The minimum absolute atomic E-state index is 0.0939. The minimum Gasteiger partial charge on any atom is -0.494 e. The molecule has 6 heteroatoms. The van der Waals surface area contributed by atoms with Crippen LogP contribution < -0.4 is 9.04 Å². The SMILES string of the molecule is C/C=S(/C)N(C)c1ccc(OCCCN2CCOC(c3cccc(Cl)c3)C2)cc1. The Kier molecular flexibility index (Phi) is 8.42. The van der Waals surface area contributed by atoms with Gasteiger partial charge in [0.2, 0.25) is 0 Å². The van der Waals surface area contributed by atoms with Crippen molar-refractivity contribution in [2.75, 3.05) is 50.5 Å². The Morgan fingerprint density at radius 3 is 2.79 bits per heavy atom. The molecular formula is C23H31ClN2O2S. The summed E-state index contributed by atoms with van der Waals surface area (Å²) >= 11 is 6.12. The van der Waals surface area contributed by atoms with Crippen LogP contribution in [0.2, 0.25) is 5.02 Å². The van der Waals surface area contributed by atoms with E-state index in [-0.39, 0.29) is 16.8 Å². The predicted octanol–water partition coefficient (Wildman–Crippen LogP) is 5.25. The molecule has 4 nitrogen and oxygen atoms in total. The summed E-state index contributed by atoms with van der Waals surface area (Å²) in [6.07, 6.45) is 3.30. The van der Waals surface area contributed by atoms with Crippen LogP contribution in [-0.2, 0) is 4.74 Å². The van der Waals surface area contributed by atoms with Gasteiger partial charge in [-0.15, -0.1) is 10.7 Å². The van der Waals surface area contributed by atoms with Gasteiger partial charge in [0.05, 0.1) is 19.3 Å². The van der Waals surface area contributed by atoms with Crippen molar-refractivity contribution in [3.05, 3.63) is 59.1 Å². The third-order valence-electron chi connectivity index (χ3n) is 5.23. The second kappa shape index (κ2) is 11.0. The highest BCUT2D eigenvalue weighted by atomic mass is 35.5. The van der Waals surface area contributed by atoms with Crippen molar-refractivity contribution in [2.45, 2.75) is 19.4 Å². The van der Waals surface area contributed by atoms with Crippen molar-refractivity contribution in [3.8, 4) is 5.75 Å². The Morgan fingerprint density at radius 1 is 1.28 bits per heavy atom. The van der Waals surface area contributed by atoms with Gasteiger partial charge in [-0.3, -0.25) is 4.90 Å². The van der Waals surface area contributed by atoms with Crippen LogP contribution in [0.5, 0.6) is 5.75 Å². The first-order chi connectivity index (χ1) is 14.1. The van der Waals surface area contributed by atoms with E-state index < -0.39 is 0 Å². The van der Waals surface area contributed by atoms with Gasteiger partial charge in [-0.1, -0.05) is 23.7 Å². The summed E-state index contributed by atoms with van der Waals surface area (Å²) in [6.45, 7) is 6.44. The Morgan fingerprint density at radius 2 is 2.07 bits per heavy atom. The summed E-state index contributed by atoms with van der Waals surface area (Å²) in [5, 5.41) is 2.98. The Labute approximate surface area is 182 Å². The number of rotatable bonds is 8. The molecule has 0 amide bonds. The molecule has 1 aliphatic rings. The Hall–Kier alpha value is -1.53. The van der Waals surface area contributed by atoms with Gasteiger partial charge in [0.15, 0.2) is 0 Å². The molecule has 158 valence electrons. The number of ether oxygens (including phenoxy) is 2. The van der Waals surface area contributed by atoms with Crippen LogP contribution in [0, 0.1) is 0 Å². The molecule has 0 spiro atoms. The Balaban J connectivity index is 1.42. The van der Waals surface area contributed by atoms with Crippen molar-refractivity contribution in [3.63, 3.8) is 0 Å². The zero-order valence-electron chi connectivity index (χ0n) is 17.5. The topological polar surface area (TPSA) is 24.9 Å². The maximum atomic E-state index is 6.12. The van der Waals surface area contributed by atoms with Gasteiger partial charge in [0.25, 0.3) is 0 Å². The molecule has 0 N–H and O–H groups in total. The smallest absolute Gasteiger partial charge is 0.119 e. The van der Waals surface area contributed by atoms with Crippen LogP contribution in [0.4, 0.5) is 5.69 Å². The molecule has 0 bridgehead atoms. The lowest BCUT2D eigenvalue weighted by Gasteiger charge is -2.33. The second-order valence-electron chi connectivity index (χ2n) is 7.17. The molecule has 1 fully saturated rings. The first-order valence-electron chi connectivity index (χ1n) is 10.1. The van der Waals surface area contributed by atoms with Gasteiger partial charge in [0.1, 0.15) is 5.75 Å². The van der Waals surface area contributed by atoms with Crippen LogP contribution in [-0.4, -0.2) is 56.4 Å². The van der Waals surface area contributed by atoms with Crippen molar-refractivity contribution in [1.29, 1.82) is 0 Å². The fraction of sp³-hybridized carbons (Fsp3) is 0.435. The zero-order chi connectivity index (χ0) is 20.6. The molecule has 1 saturated heterocycles. The molecule has 3 rings (SSSR count). The van der Waals surface area contributed by atoms with Crippen molar-refractivity contribution >= 4 is 33.3 Å². The van der Waals surface area contributed by atoms with E-state index >= 15 is 0 Å². The predicted molar refractivity (Wildman–Crippen MR) is 127 cm³/mol. The monoisotopic (exact) mass is 434 g/mol. The van der Waals surface area contributed by atoms with Crippen LogP contribution >= 0.6 is 22.3 Å². The third-order valence-corrected chi connectivity index (χ3v) is 7.22. The molecular weight excluding hydrogens is 404 g/mol.